The van der Waals surface area contributed by atoms with Crippen molar-refractivity contribution in [3.8, 4) is 6.07 Å². The van der Waals surface area contributed by atoms with E-state index in [9.17, 15) is 4.79 Å². The standard InChI is InChI=1S/C8H5NO3/c9-5-6(4-8(10)11)7-2-1-3-12-7/h1-4H,(H,10,11). The van der Waals surface area contributed by atoms with Crippen LogP contribution >= 0.6 is 0 Å². The molecular weight excluding hydrogens is 158 g/mol. The van der Waals surface area contributed by atoms with Crippen molar-refractivity contribution in [2.45, 2.75) is 0 Å². The maximum absolute atomic E-state index is 10.2. The lowest BCUT2D eigenvalue weighted by Gasteiger charge is -1.88. The molecule has 0 atom stereocenters. The van der Waals surface area contributed by atoms with Gasteiger partial charge in [0.25, 0.3) is 0 Å². The molecule has 0 saturated heterocycles. The topological polar surface area (TPSA) is 74.2 Å². The molecule has 1 aromatic rings. The second-order valence-electron chi connectivity index (χ2n) is 1.99. The Balaban J connectivity index is 3.01. The molecule has 0 amide bonds. The third-order valence-electron chi connectivity index (χ3n) is 1.17. The largest absolute Gasteiger partial charge is 0.478 e. The summed E-state index contributed by atoms with van der Waals surface area (Å²) in [5, 5.41) is 16.8. The molecule has 1 rings (SSSR count). The summed E-state index contributed by atoms with van der Waals surface area (Å²) in [6.07, 6.45) is 2.18. The number of hydrogen-bond donors (Lipinski definition) is 1. The molecule has 0 aliphatic carbocycles. The van der Waals surface area contributed by atoms with Crippen LogP contribution in [0.2, 0.25) is 0 Å². The number of nitrogens with zero attached hydrogens (tertiary/aromatic N) is 1. The minimum atomic E-state index is -1.16. The Morgan fingerprint density at radius 1 is 1.75 bits per heavy atom. The van der Waals surface area contributed by atoms with E-state index in [4.69, 9.17) is 14.8 Å². The molecule has 0 radical (unpaired) electrons. The number of nitriles is 1. The van der Waals surface area contributed by atoms with Crippen LogP contribution in [0.1, 0.15) is 5.76 Å². The van der Waals surface area contributed by atoms with Crippen molar-refractivity contribution in [3.63, 3.8) is 0 Å². The van der Waals surface area contributed by atoms with Gasteiger partial charge in [0.2, 0.25) is 0 Å². The third kappa shape index (κ3) is 1.73. The fourth-order valence-electron chi connectivity index (χ4n) is 0.714. The molecular formula is C8H5NO3. The van der Waals surface area contributed by atoms with Gasteiger partial charge in [-0.3, -0.25) is 0 Å². The molecule has 0 aliphatic heterocycles. The Bertz CT molecular complexity index is 343. The van der Waals surface area contributed by atoms with Gasteiger partial charge < -0.3 is 9.52 Å². The molecule has 0 aromatic carbocycles. The van der Waals surface area contributed by atoms with E-state index in [-0.39, 0.29) is 11.3 Å². The van der Waals surface area contributed by atoms with Crippen molar-refractivity contribution in [1.82, 2.24) is 0 Å². The predicted octanol–water partition coefficient (Wildman–Crippen LogP) is 1.27. The molecule has 1 N–H and O–H groups in total. The maximum atomic E-state index is 10.2. The zero-order valence-corrected chi connectivity index (χ0v) is 6.02. The quantitative estimate of drug-likeness (QED) is 0.526. The van der Waals surface area contributed by atoms with E-state index in [1.165, 1.54) is 12.3 Å². The summed E-state index contributed by atoms with van der Waals surface area (Å²) in [7, 11) is 0. The second kappa shape index (κ2) is 3.39. The molecule has 60 valence electrons. The first kappa shape index (κ1) is 8.08. The van der Waals surface area contributed by atoms with Crippen LogP contribution in [0.4, 0.5) is 0 Å². The van der Waals surface area contributed by atoms with E-state index < -0.39 is 5.97 Å². The number of aliphatic carboxylic acids is 1. The summed E-state index contributed by atoms with van der Waals surface area (Å²) in [6.45, 7) is 0. The Hall–Kier alpha value is -2.02. The van der Waals surface area contributed by atoms with Gasteiger partial charge in [-0.25, -0.2) is 4.79 Å². The van der Waals surface area contributed by atoms with Crippen molar-refractivity contribution in [1.29, 1.82) is 5.26 Å². The summed E-state index contributed by atoms with van der Waals surface area (Å²) in [5.74, 6) is -0.900. The van der Waals surface area contributed by atoms with Crippen LogP contribution in [0.5, 0.6) is 0 Å². The van der Waals surface area contributed by atoms with Crippen LogP contribution in [0.25, 0.3) is 5.57 Å². The molecule has 1 heterocycles. The smallest absolute Gasteiger partial charge is 0.329 e. The fourth-order valence-corrected chi connectivity index (χ4v) is 0.714. The summed E-state index contributed by atoms with van der Waals surface area (Å²) in [4.78, 5) is 10.2. The van der Waals surface area contributed by atoms with Crippen molar-refractivity contribution < 1.29 is 14.3 Å². The average molecular weight is 163 g/mol. The van der Waals surface area contributed by atoms with Crippen molar-refractivity contribution in [3.05, 3.63) is 30.2 Å². The first-order valence-corrected chi connectivity index (χ1v) is 3.12. The minimum absolute atomic E-state index is 0.00694. The number of carboxylic acid groups (broad SMARTS) is 1. The summed E-state index contributed by atoms with van der Waals surface area (Å²) >= 11 is 0. The number of allylic oxidation sites excluding steroid dienone is 1. The van der Waals surface area contributed by atoms with Gasteiger partial charge in [-0.05, 0) is 12.1 Å². The third-order valence-corrected chi connectivity index (χ3v) is 1.17. The fraction of sp³-hybridized carbons (Fsp3) is 0. The Labute approximate surface area is 68.3 Å². The van der Waals surface area contributed by atoms with E-state index in [0.717, 1.165) is 6.08 Å². The molecule has 0 unspecified atom stereocenters. The van der Waals surface area contributed by atoms with Crippen LogP contribution in [0.15, 0.2) is 28.9 Å². The van der Waals surface area contributed by atoms with E-state index in [1.54, 1.807) is 12.1 Å². The number of rotatable bonds is 2. The van der Waals surface area contributed by atoms with Crippen LogP contribution in [-0.2, 0) is 4.79 Å². The first-order valence-electron chi connectivity index (χ1n) is 3.12. The van der Waals surface area contributed by atoms with Crippen LogP contribution < -0.4 is 0 Å². The highest BCUT2D eigenvalue weighted by atomic mass is 16.4. The summed E-state index contributed by atoms with van der Waals surface area (Å²) in [5.41, 5.74) is 0.00694. The highest BCUT2D eigenvalue weighted by Crippen LogP contribution is 2.12. The molecule has 1 aromatic heterocycles. The molecule has 12 heavy (non-hydrogen) atoms. The molecule has 0 bridgehead atoms. The second-order valence-corrected chi connectivity index (χ2v) is 1.99. The zero-order valence-electron chi connectivity index (χ0n) is 6.02. The monoisotopic (exact) mass is 163 g/mol. The van der Waals surface area contributed by atoms with Crippen LogP contribution in [0.3, 0.4) is 0 Å². The maximum Gasteiger partial charge on any atom is 0.329 e. The highest BCUT2D eigenvalue weighted by Gasteiger charge is 2.04. The van der Waals surface area contributed by atoms with Gasteiger partial charge in [-0.2, -0.15) is 5.26 Å². The molecule has 0 spiro atoms. The summed E-state index contributed by atoms with van der Waals surface area (Å²) in [6, 6.07) is 4.83. The van der Waals surface area contributed by atoms with E-state index in [1.807, 2.05) is 0 Å². The minimum Gasteiger partial charge on any atom is -0.478 e. The number of carbonyl (C=O) groups is 1. The van der Waals surface area contributed by atoms with Gasteiger partial charge >= 0.3 is 5.97 Å². The highest BCUT2D eigenvalue weighted by molar-refractivity contribution is 5.93. The predicted molar refractivity (Wildman–Crippen MR) is 39.9 cm³/mol. The molecule has 0 aliphatic rings. The van der Waals surface area contributed by atoms with Crippen molar-refractivity contribution >= 4 is 11.5 Å². The lowest BCUT2D eigenvalue weighted by atomic mass is 10.2. The zero-order chi connectivity index (χ0) is 8.97. The van der Waals surface area contributed by atoms with Crippen LogP contribution in [-0.4, -0.2) is 11.1 Å². The molecule has 0 saturated carbocycles. The normalized spacial score (nSPS) is 10.8. The van der Waals surface area contributed by atoms with E-state index >= 15 is 0 Å². The number of hydrogen-bond acceptors (Lipinski definition) is 3. The Morgan fingerprint density at radius 2 is 2.50 bits per heavy atom. The SMILES string of the molecule is N#CC(=CC(=O)O)c1ccco1. The lowest BCUT2D eigenvalue weighted by molar-refractivity contribution is -0.131. The number of furan rings is 1. The first-order chi connectivity index (χ1) is 5.74. The van der Waals surface area contributed by atoms with Crippen LogP contribution in [0, 0.1) is 11.3 Å². The van der Waals surface area contributed by atoms with Crippen molar-refractivity contribution in [2.75, 3.05) is 0 Å². The molecule has 4 nitrogen and oxygen atoms in total. The molecule has 4 heteroatoms. The van der Waals surface area contributed by atoms with E-state index in [0.29, 0.717) is 0 Å². The summed E-state index contributed by atoms with van der Waals surface area (Å²) < 4.78 is 4.83. The Morgan fingerprint density at radius 3 is 2.92 bits per heavy atom. The van der Waals surface area contributed by atoms with Gasteiger partial charge in [-0.1, -0.05) is 0 Å². The average Bonchev–Trinajstić information content (AvgIpc) is 2.51. The van der Waals surface area contributed by atoms with Gasteiger partial charge in [0.05, 0.1) is 6.26 Å². The van der Waals surface area contributed by atoms with Gasteiger partial charge in [0.1, 0.15) is 17.4 Å². The number of carboxylic acids is 1. The van der Waals surface area contributed by atoms with Gasteiger partial charge in [0, 0.05) is 6.08 Å². The van der Waals surface area contributed by atoms with Crippen molar-refractivity contribution in [2.24, 2.45) is 0 Å². The lowest BCUT2D eigenvalue weighted by Crippen LogP contribution is -1.89. The van der Waals surface area contributed by atoms with E-state index in [2.05, 4.69) is 0 Å². The molecule has 0 fully saturated rings. The van der Waals surface area contributed by atoms with Gasteiger partial charge in [0.15, 0.2) is 0 Å². The Kier molecular flexibility index (Phi) is 2.29. The van der Waals surface area contributed by atoms with Gasteiger partial charge in [-0.15, -0.1) is 0 Å².